The van der Waals surface area contributed by atoms with Crippen LogP contribution < -0.4 is 11.2 Å². The molecule has 0 aromatic carbocycles. The number of aromatic amines is 2. The van der Waals surface area contributed by atoms with Crippen molar-refractivity contribution in [3.63, 3.8) is 0 Å². The molecule has 0 radical (unpaired) electrons. The fourth-order valence-electron chi connectivity index (χ4n) is 1.15. The van der Waals surface area contributed by atoms with Gasteiger partial charge >= 0.3 is 11.7 Å². The second-order valence-electron chi connectivity index (χ2n) is 4.38. The number of aromatic nitrogens is 2. The lowest BCUT2D eigenvalue weighted by Crippen LogP contribution is -2.28. The van der Waals surface area contributed by atoms with Gasteiger partial charge in [-0.2, -0.15) is 0 Å². The van der Waals surface area contributed by atoms with Crippen LogP contribution in [0.3, 0.4) is 0 Å². The quantitative estimate of drug-likeness (QED) is 0.691. The minimum absolute atomic E-state index is 0.129. The summed E-state index contributed by atoms with van der Waals surface area (Å²) in [6.45, 7) is 5.22. The third kappa shape index (κ3) is 4.12. The second-order valence-corrected chi connectivity index (χ2v) is 4.38. The van der Waals surface area contributed by atoms with Crippen LogP contribution in [-0.2, 0) is 16.0 Å². The van der Waals surface area contributed by atoms with Gasteiger partial charge < -0.3 is 9.72 Å². The molecule has 0 bridgehead atoms. The highest BCUT2D eigenvalue weighted by Crippen LogP contribution is 2.08. The Hall–Kier alpha value is -1.85. The van der Waals surface area contributed by atoms with E-state index in [-0.39, 0.29) is 12.1 Å². The molecular formula is C10H14N2O4. The number of rotatable bonds is 2. The first-order chi connectivity index (χ1) is 7.26. The fourth-order valence-corrected chi connectivity index (χ4v) is 1.15. The van der Waals surface area contributed by atoms with E-state index in [0.717, 1.165) is 6.07 Å². The number of hydrogen-bond donors (Lipinski definition) is 2. The lowest BCUT2D eigenvalue weighted by molar-refractivity contribution is -0.153. The van der Waals surface area contributed by atoms with E-state index in [2.05, 4.69) is 4.98 Å². The van der Waals surface area contributed by atoms with Crippen LogP contribution in [0.5, 0.6) is 0 Å². The molecule has 0 saturated heterocycles. The molecule has 6 heteroatoms. The molecule has 0 atom stereocenters. The van der Waals surface area contributed by atoms with Crippen molar-refractivity contribution in [2.75, 3.05) is 0 Å². The van der Waals surface area contributed by atoms with E-state index in [1.165, 1.54) is 0 Å². The average molecular weight is 226 g/mol. The summed E-state index contributed by atoms with van der Waals surface area (Å²) in [5, 5.41) is 0. The van der Waals surface area contributed by atoms with Gasteiger partial charge in [0.15, 0.2) is 0 Å². The van der Waals surface area contributed by atoms with Gasteiger partial charge in [0.05, 0.1) is 6.42 Å². The van der Waals surface area contributed by atoms with Crippen molar-refractivity contribution in [3.05, 3.63) is 32.6 Å². The standard InChI is InChI=1S/C10H14N2O4/c1-10(2,3)16-8(14)5-6-4-7(13)12-9(15)11-6/h4H,5H2,1-3H3,(H2,11,12,13,15). The van der Waals surface area contributed by atoms with Gasteiger partial charge in [0.25, 0.3) is 5.56 Å². The molecule has 88 valence electrons. The Morgan fingerprint density at radius 1 is 1.31 bits per heavy atom. The number of carbonyl (C=O) groups excluding carboxylic acids is 1. The monoisotopic (exact) mass is 226 g/mol. The van der Waals surface area contributed by atoms with Crippen molar-refractivity contribution < 1.29 is 9.53 Å². The molecule has 0 aliphatic carbocycles. The van der Waals surface area contributed by atoms with Crippen molar-refractivity contribution in [3.8, 4) is 0 Å². The molecule has 1 rings (SSSR count). The van der Waals surface area contributed by atoms with Gasteiger partial charge in [-0.05, 0) is 20.8 Å². The minimum atomic E-state index is -0.633. The Bertz CT molecular complexity index is 464. The predicted molar refractivity (Wildman–Crippen MR) is 57.2 cm³/mol. The van der Waals surface area contributed by atoms with E-state index in [0.29, 0.717) is 0 Å². The van der Waals surface area contributed by atoms with Crippen molar-refractivity contribution in [2.24, 2.45) is 0 Å². The Kier molecular flexibility index (Phi) is 3.31. The van der Waals surface area contributed by atoms with Gasteiger partial charge in [-0.1, -0.05) is 0 Å². The summed E-state index contributed by atoms with van der Waals surface area (Å²) in [7, 11) is 0. The molecule has 0 aliphatic rings. The summed E-state index contributed by atoms with van der Waals surface area (Å²) >= 11 is 0. The van der Waals surface area contributed by atoms with Crippen LogP contribution in [0, 0.1) is 0 Å². The maximum atomic E-state index is 11.4. The molecule has 1 heterocycles. The van der Waals surface area contributed by atoms with Crippen LogP contribution in [-0.4, -0.2) is 21.5 Å². The molecule has 0 unspecified atom stereocenters. The first-order valence-electron chi connectivity index (χ1n) is 4.81. The lowest BCUT2D eigenvalue weighted by Gasteiger charge is -2.19. The van der Waals surface area contributed by atoms with Crippen molar-refractivity contribution in [1.29, 1.82) is 0 Å². The molecule has 2 N–H and O–H groups in total. The lowest BCUT2D eigenvalue weighted by atomic mass is 10.2. The highest BCUT2D eigenvalue weighted by atomic mass is 16.6. The second kappa shape index (κ2) is 4.34. The fraction of sp³-hybridized carbons (Fsp3) is 0.500. The van der Waals surface area contributed by atoms with Gasteiger partial charge in [-0.25, -0.2) is 4.79 Å². The number of carbonyl (C=O) groups is 1. The average Bonchev–Trinajstić information content (AvgIpc) is 1.96. The number of hydrogen-bond acceptors (Lipinski definition) is 4. The Labute approximate surface area is 91.7 Å². The summed E-state index contributed by atoms with van der Waals surface area (Å²) in [5.41, 5.74) is -1.52. The minimum Gasteiger partial charge on any atom is -0.460 e. The Morgan fingerprint density at radius 2 is 1.94 bits per heavy atom. The molecule has 1 aromatic heterocycles. The number of ether oxygens (including phenoxy) is 1. The summed E-state index contributed by atoms with van der Waals surface area (Å²) in [6, 6.07) is 1.16. The summed E-state index contributed by atoms with van der Waals surface area (Å²) < 4.78 is 5.05. The van der Waals surface area contributed by atoms with Gasteiger partial charge in [0.2, 0.25) is 0 Å². The highest BCUT2D eigenvalue weighted by molar-refractivity contribution is 5.72. The van der Waals surface area contributed by atoms with E-state index in [1.807, 2.05) is 4.98 Å². The van der Waals surface area contributed by atoms with Crippen molar-refractivity contribution in [2.45, 2.75) is 32.8 Å². The molecule has 0 spiro atoms. The molecule has 0 fully saturated rings. The normalized spacial score (nSPS) is 11.2. The first-order valence-corrected chi connectivity index (χ1v) is 4.81. The van der Waals surface area contributed by atoms with Crippen LogP contribution in [0.4, 0.5) is 0 Å². The van der Waals surface area contributed by atoms with Gasteiger partial charge in [-0.3, -0.25) is 14.6 Å². The predicted octanol–water partition coefficient (Wildman–Crippen LogP) is -0.0526. The van der Waals surface area contributed by atoms with Crippen LogP contribution in [0.15, 0.2) is 15.7 Å². The number of esters is 1. The van der Waals surface area contributed by atoms with E-state index >= 15 is 0 Å². The zero-order valence-electron chi connectivity index (χ0n) is 9.42. The van der Waals surface area contributed by atoms with Crippen LogP contribution in [0.25, 0.3) is 0 Å². The third-order valence-corrected chi connectivity index (χ3v) is 1.57. The molecule has 6 nitrogen and oxygen atoms in total. The van der Waals surface area contributed by atoms with E-state index in [9.17, 15) is 14.4 Å². The SMILES string of the molecule is CC(C)(C)OC(=O)Cc1cc(=O)[nH]c(=O)[nH]1. The van der Waals surface area contributed by atoms with Gasteiger partial charge in [0, 0.05) is 11.8 Å². The van der Waals surface area contributed by atoms with E-state index in [4.69, 9.17) is 4.74 Å². The summed E-state index contributed by atoms with van der Waals surface area (Å²) in [5.74, 6) is -0.492. The largest absolute Gasteiger partial charge is 0.460 e. The van der Waals surface area contributed by atoms with Crippen LogP contribution >= 0.6 is 0 Å². The van der Waals surface area contributed by atoms with Crippen LogP contribution in [0.1, 0.15) is 26.5 Å². The zero-order valence-corrected chi connectivity index (χ0v) is 9.42. The van der Waals surface area contributed by atoms with Gasteiger partial charge in [0.1, 0.15) is 5.60 Å². The summed E-state index contributed by atoms with van der Waals surface area (Å²) in [6.07, 6.45) is -0.129. The highest BCUT2D eigenvalue weighted by Gasteiger charge is 2.16. The van der Waals surface area contributed by atoms with E-state index < -0.39 is 22.8 Å². The molecule has 0 amide bonds. The van der Waals surface area contributed by atoms with E-state index in [1.54, 1.807) is 20.8 Å². The number of nitrogens with one attached hydrogen (secondary N) is 2. The maximum absolute atomic E-state index is 11.4. The van der Waals surface area contributed by atoms with Crippen LogP contribution in [0.2, 0.25) is 0 Å². The molecule has 16 heavy (non-hydrogen) atoms. The molecule has 1 aromatic rings. The Morgan fingerprint density at radius 3 is 2.44 bits per heavy atom. The van der Waals surface area contributed by atoms with Gasteiger partial charge in [-0.15, -0.1) is 0 Å². The zero-order chi connectivity index (χ0) is 12.3. The first kappa shape index (κ1) is 12.2. The Balaban J connectivity index is 2.78. The summed E-state index contributed by atoms with van der Waals surface area (Å²) in [4.78, 5) is 37.6. The smallest absolute Gasteiger partial charge is 0.325 e. The molecule has 0 aliphatic heterocycles. The van der Waals surface area contributed by atoms with Crippen molar-refractivity contribution >= 4 is 5.97 Å². The number of H-pyrrole nitrogens is 2. The third-order valence-electron chi connectivity index (χ3n) is 1.57. The van der Waals surface area contributed by atoms with Crippen molar-refractivity contribution in [1.82, 2.24) is 9.97 Å². The topological polar surface area (TPSA) is 92.0 Å². The molecular weight excluding hydrogens is 212 g/mol. The maximum Gasteiger partial charge on any atom is 0.325 e. The molecule has 0 saturated carbocycles.